The van der Waals surface area contributed by atoms with Gasteiger partial charge < -0.3 is 4.74 Å². The van der Waals surface area contributed by atoms with E-state index in [4.69, 9.17) is 27.9 Å². The van der Waals surface area contributed by atoms with Gasteiger partial charge >= 0.3 is 0 Å². The maximum absolute atomic E-state index is 5.77. The average molecular weight is 290 g/mol. The van der Waals surface area contributed by atoms with Crippen LogP contribution in [-0.4, -0.2) is 29.3 Å². The summed E-state index contributed by atoms with van der Waals surface area (Å²) in [6.07, 6.45) is 4.03. The Hall–Kier alpha value is 1.02. The molecule has 0 aromatic heterocycles. The number of hydrogen-bond donors (Lipinski definition) is 0. The summed E-state index contributed by atoms with van der Waals surface area (Å²) >= 11 is 14.9. The Kier molecular flexibility index (Phi) is 6.04. The topological polar surface area (TPSA) is 9.23 Å². The van der Waals surface area contributed by atoms with Crippen LogP contribution in [-0.2, 0) is 4.74 Å². The molecule has 0 amide bonds. The van der Waals surface area contributed by atoms with Crippen LogP contribution in [0.3, 0.4) is 0 Å². The quantitative estimate of drug-likeness (QED) is 0.681. The second kappa shape index (κ2) is 6.49. The lowest BCUT2D eigenvalue weighted by molar-refractivity contribution is 0.0244. The van der Waals surface area contributed by atoms with Crippen molar-refractivity contribution in [3.8, 4) is 0 Å². The van der Waals surface area contributed by atoms with Crippen molar-refractivity contribution in [1.82, 2.24) is 0 Å². The molecule has 1 nitrogen and oxygen atoms in total. The summed E-state index contributed by atoms with van der Waals surface area (Å²) in [6.45, 7) is 0.844. The summed E-state index contributed by atoms with van der Waals surface area (Å²) in [5, 5.41) is 0. The maximum Gasteiger partial charge on any atom is 0.0846 e. The first-order valence-electron chi connectivity index (χ1n) is 4.65. The lowest BCUT2D eigenvalue weighted by atomic mass is 9.86. The molecule has 2 unspecified atom stereocenters. The Morgan fingerprint density at radius 3 is 2.38 bits per heavy atom. The Balaban J connectivity index is 2.14. The first kappa shape index (κ1) is 12.1. The fourth-order valence-corrected chi connectivity index (χ4v) is 2.32. The van der Waals surface area contributed by atoms with E-state index in [-0.39, 0.29) is 10.9 Å². The van der Waals surface area contributed by atoms with Crippen LogP contribution in [0, 0.1) is 5.92 Å². The normalized spacial score (nSPS) is 22.4. The molecule has 0 aromatic rings. The van der Waals surface area contributed by atoms with E-state index in [9.17, 15) is 0 Å². The maximum atomic E-state index is 5.77. The highest BCUT2D eigenvalue weighted by atomic mass is 79.9. The van der Waals surface area contributed by atoms with Gasteiger partial charge in [-0.1, -0.05) is 22.4 Å². The van der Waals surface area contributed by atoms with Gasteiger partial charge in [0.1, 0.15) is 0 Å². The minimum absolute atomic E-state index is 0.0553. The van der Waals surface area contributed by atoms with Crippen molar-refractivity contribution in [2.45, 2.75) is 30.2 Å². The first-order valence-corrected chi connectivity index (χ1v) is 6.64. The van der Waals surface area contributed by atoms with Crippen molar-refractivity contribution < 1.29 is 4.74 Å². The molecule has 0 aliphatic heterocycles. The third-order valence-electron chi connectivity index (χ3n) is 2.47. The lowest BCUT2D eigenvalue weighted by Crippen LogP contribution is -2.31. The van der Waals surface area contributed by atoms with Crippen LogP contribution in [0.1, 0.15) is 19.3 Å². The van der Waals surface area contributed by atoms with Gasteiger partial charge in [0, 0.05) is 18.4 Å². The Bertz CT molecular complexity index is 142. The molecule has 13 heavy (non-hydrogen) atoms. The van der Waals surface area contributed by atoms with Crippen molar-refractivity contribution >= 4 is 39.1 Å². The first-order chi connectivity index (χ1) is 6.27. The minimum Gasteiger partial charge on any atom is -0.375 e. The van der Waals surface area contributed by atoms with Crippen molar-refractivity contribution in [1.29, 1.82) is 0 Å². The predicted octanol–water partition coefficient (Wildman–Crippen LogP) is 3.41. The summed E-state index contributed by atoms with van der Waals surface area (Å²) < 4.78 is 5.68. The zero-order chi connectivity index (χ0) is 9.68. The van der Waals surface area contributed by atoms with Gasteiger partial charge in [-0.3, -0.25) is 0 Å². The van der Waals surface area contributed by atoms with Crippen LogP contribution in [0.5, 0.6) is 0 Å². The molecule has 0 aromatic carbocycles. The number of hydrogen-bond acceptors (Lipinski definition) is 1. The predicted molar refractivity (Wildman–Crippen MR) is 61.2 cm³/mol. The second-order valence-electron chi connectivity index (χ2n) is 3.49. The van der Waals surface area contributed by atoms with Crippen LogP contribution in [0.2, 0.25) is 0 Å². The molecule has 2 atom stereocenters. The number of ether oxygens (including phenoxy) is 1. The molecule has 1 rings (SSSR count). The number of halogens is 3. The van der Waals surface area contributed by atoms with Gasteiger partial charge in [0.05, 0.1) is 10.9 Å². The van der Waals surface area contributed by atoms with Crippen LogP contribution in [0.15, 0.2) is 0 Å². The van der Waals surface area contributed by atoms with Crippen LogP contribution in [0.25, 0.3) is 0 Å². The highest BCUT2D eigenvalue weighted by molar-refractivity contribution is 9.09. The largest absolute Gasteiger partial charge is 0.375 e. The molecule has 0 heterocycles. The molecule has 0 N–H and O–H groups in total. The standard InChI is InChI=1S/C9H15BrCl2O/c10-8(4-11)9(5-12)13-6-7-2-1-3-7/h7-9H,1-6H2. The minimum atomic E-state index is 0.0553. The van der Waals surface area contributed by atoms with Gasteiger partial charge in [0.25, 0.3) is 0 Å². The monoisotopic (exact) mass is 288 g/mol. The Morgan fingerprint density at radius 1 is 1.31 bits per heavy atom. The lowest BCUT2D eigenvalue weighted by Gasteiger charge is -2.28. The van der Waals surface area contributed by atoms with Crippen molar-refractivity contribution in [2.24, 2.45) is 5.92 Å². The van der Waals surface area contributed by atoms with E-state index < -0.39 is 0 Å². The Morgan fingerprint density at radius 2 is 2.00 bits per heavy atom. The molecular formula is C9H15BrCl2O. The molecule has 1 aliphatic carbocycles. The molecule has 1 saturated carbocycles. The number of rotatable bonds is 6. The molecule has 4 heteroatoms. The van der Waals surface area contributed by atoms with E-state index in [1.54, 1.807) is 0 Å². The van der Waals surface area contributed by atoms with E-state index in [1.807, 2.05) is 0 Å². The zero-order valence-electron chi connectivity index (χ0n) is 7.52. The highest BCUT2D eigenvalue weighted by Gasteiger charge is 2.22. The second-order valence-corrected chi connectivity index (χ2v) is 5.29. The molecule has 0 bridgehead atoms. The summed E-state index contributed by atoms with van der Waals surface area (Å²) in [7, 11) is 0. The van der Waals surface area contributed by atoms with E-state index in [0.717, 1.165) is 12.5 Å². The van der Waals surface area contributed by atoms with E-state index >= 15 is 0 Å². The fourth-order valence-electron chi connectivity index (χ4n) is 1.26. The summed E-state index contributed by atoms with van der Waals surface area (Å²) in [4.78, 5) is 0.173. The highest BCUT2D eigenvalue weighted by Crippen LogP contribution is 2.27. The van der Waals surface area contributed by atoms with Gasteiger partial charge in [0.2, 0.25) is 0 Å². The number of alkyl halides is 3. The van der Waals surface area contributed by atoms with Crippen LogP contribution in [0.4, 0.5) is 0 Å². The van der Waals surface area contributed by atoms with E-state index in [1.165, 1.54) is 19.3 Å². The van der Waals surface area contributed by atoms with Crippen LogP contribution >= 0.6 is 39.1 Å². The van der Waals surface area contributed by atoms with Crippen molar-refractivity contribution in [2.75, 3.05) is 18.4 Å². The molecular weight excluding hydrogens is 275 g/mol. The molecule has 0 radical (unpaired) electrons. The van der Waals surface area contributed by atoms with Gasteiger partial charge in [-0.15, -0.1) is 23.2 Å². The molecule has 78 valence electrons. The zero-order valence-corrected chi connectivity index (χ0v) is 10.6. The van der Waals surface area contributed by atoms with Gasteiger partial charge in [-0.05, 0) is 18.8 Å². The molecule has 0 spiro atoms. The summed E-state index contributed by atoms with van der Waals surface area (Å²) in [5.41, 5.74) is 0. The van der Waals surface area contributed by atoms with Gasteiger partial charge in [0.15, 0.2) is 0 Å². The Labute approximate surface area is 98.2 Å². The molecule has 1 fully saturated rings. The third kappa shape index (κ3) is 3.94. The molecule has 1 aliphatic rings. The smallest absolute Gasteiger partial charge is 0.0846 e. The summed E-state index contributed by atoms with van der Waals surface area (Å²) in [6, 6.07) is 0. The average Bonchev–Trinajstić information content (AvgIpc) is 2.08. The van der Waals surface area contributed by atoms with Crippen molar-refractivity contribution in [3.63, 3.8) is 0 Å². The van der Waals surface area contributed by atoms with Crippen LogP contribution < -0.4 is 0 Å². The third-order valence-corrected chi connectivity index (χ3v) is 4.40. The fraction of sp³-hybridized carbons (Fsp3) is 1.00. The van der Waals surface area contributed by atoms with E-state index in [2.05, 4.69) is 15.9 Å². The van der Waals surface area contributed by atoms with Crippen molar-refractivity contribution in [3.05, 3.63) is 0 Å². The molecule has 0 saturated heterocycles. The van der Waals surface area contributed by atoms with E-state index in [0.29, 0.717) is 11.8 Å². The summed E-state index contributed by atoms with van der Waals surface area (Å²) in [5.74, 6) is 1.82. The van der Waals surface area contributed by atoms with Gasteiger partial charge in [-0.2, -0.15) is 0 Å². The van der Waals surface area contributed by atoms with Gasteiger partial charge in [-0.25, -0.2) is 0 Å². The SMILES string of the molecule is ClCC(Br)C(CCl)OCC1CCC1.